The first-order valence-corrected chi connectivity index (χ1v) is 9.25. The number of rotatable bonds is 9. The number of methoxy groups -OCH3 is 2. The van der Waals surface area contributed by atoms with Gasteiger partial charge in [0.05, 0.1) is 14.2 Å². The van der Waals surface area contributed by atoms with Gasteiger partial charge >= 0.3 is 0 Å². The molecule has 3 rings (SSSR count). The van der Waals surface area contributed by atoms with Crippen LogP contribution in [0, 0.1) is 0 Å². The van der Waals surface area contributed by atoms with E-state index in [9.17, 15) is 4.79 Å². The number of anilines is 3. The van der Waals surface area contributed by atoms with Gasteiger partial charge in [0.15, 0.2) is 17.3 Å². The number of carbonyl (C=O) groups is 1. The molecule has 0 fully saturated rings. The minimum atomic E-state index is 0.0221. The van der Waals surface area contributed by atoms with Gasteiger partial charge in [0.1, 0.15) is 5.82 Å². The van der Waals surface area contributed by atoms with E-state index in [1.807, 2.05) is 30.3 Å². The van der Waals surface area contributed by atoms with Crippen molar-refractivity contribution in [1.82, 2.24) is 9.97 Å². The predicted molar refractivity (Wildman–Crippen MR) is 114 cm³/mol. The summed E-state index contributed by atoms with van der Waals surface area (Å²) >= 11 is 0. The highest BCUT2D eigenvalue weighted by Gasteiger charge is 2.06. The van der Waals surface area contributed by atoms with Crippen LogP contribution in [0.5, 0.6) is 11.5 Å². The Morgan fingerprint density at radius 3 is 2.62 bits per heavy atom. The van der Waals surface area contributed by atoms with E-state index in [4.69, 9.17) is 9.47 Å². The fourth-order valence-electron chi connectivity index (χ4n) is 2.83. The lowest BCUT2D eigenvalue weighted by molar-refractivity contribution is 0.101. The second kappa shape index (κ2) is 9.54. The Morgan fingerprint density at radius 1 is 1.03 bits per heavy atom. The minimum absolute atomic E-state index is 0.0221. The molecule has 3 aromatic rings. The second-order valence-corrected chi connectivity index (χ2v) is 6.39. The molecule has 0 radical (unpaired) electrons. The summed E-state index contributed by atoms with van der Waals surface area (Å²) in [5.74, 6) is 2.61. The average Bonchev–Trinajstić information content (AvgIpc) is 2.74. The third-order valence-electron chi connectivity index (χ3n) is 4.34. The van der Waals surface area contributed by atoms with Crippen LogP contribution < -0.4 is 20.1 Å². The van der Waals surface area contributed by atoms with Crippen LogP contribution in [0.15, 0.2) is 54.7 Å². The van der Waals surface area contributed by atoms with Crippen LogP contribution in [0.25, 0.3) is 0 Å². The summed E-state index contributed by atoms with van der Waals surface area (Å²) in [5.41, 5.74) is 2.57. The molecular formula is C22H24N4O3. The lowest BCUT2D eigenvalue weighted by Crippen LogP contribution is -2.09. The van der Waals surface area contributed by atoms with Crippen LogP contribution in [0.4, 0.5) is 17.5 Å². The Morgan fingerprint density at radius 2 is 1.86 bits per heavy atom. The molecular weight excluding hydrogens is 368 g/mol. The summed E-state index contributed by atoms with van der Waals surface area (Å²) in [5, 5.41) is 6.43. The molecule has 0 spiro atoms. The maximum Gasteiger partial charge on any atom is 0.224 e. The number of ether oxygens (including phenoxy) is 2. The normalized spacial score (nSPS) is 10.3. The number of hydrogen-bond acceptors (Lipinski definition) is 7. The van der Waals surface area contributed by atoms with Gasteiger partial charge < -0.3 is 20.1 Å². The molecule has 1 heterocycles. The molecule has 1 aromatic heterocycles. The van der Waals surface area contributed by atoms with E-state index in [0.29, 0.717) is 35.4 Å². The fraction of sp³-hybridized carbons (Fsp3) is 0.227. The zero-order valence-electron chi connectivity index (χ0n) is 16.7. The molecule has 0 saturated carbocycles. The average molecular weight is 392 g/mol. The summed E-state index contributed by atoms with van der Waals surface area (Å²) < 4.78 is 10.6. The number of nitrogens with zero attached hydrogens (tertiary/aromatic N) is 2. The van der Waals surface area contributed by atoms with E-state index in [-0.39, 0.29) is 5.78 Å². The number of nitrogens with one attached hydrogen (secondary N) is 2. The number of aromatic nitrogens is 2. The Hall–Kier alpha value is -3.61. The quantitative estimate of drug-likeness (QED) is 0.530. The highest BCUT2D eigenvalue weighted by atomic mass is 16.5. The molecule has 0 unspecified atom stereocenters. The third-order valence-corrected chi connectivity index (χ3v) is 4.34. The smallest absolute Gasteiger partial charge is 0.224 e. The predicted octanol–water partition coefficient (Wildman–Crippen LogP) is 4.09. The zero-order chi connectivity index (χ0) is 20.6. The molecule has 2 N–H and O–H groups in total. The molecule has 150 valence electrons. The topological polar surface area (TPSA) is 85.4 Å². The van der Waals surface area contributed by atoms with Crippen molar-refractivity contribution in [2.24, 2.45) is 0 Å². The van der Waals surface area contributed by atoms with Gasteiger partial charge in [0.25, 0.3) is 0 Å². The van der Waals surface area contributed by atoms with Gasteiger partial charge in [-0.3, -0.25) is 4.79 Å². The van der Waals surface area contributed by atoms with Crippen LogP contribution in [-0.4, -0.2) is 36.5 Å². The Balaban J connectivity index is 1.60. The number of Topliss-reactive ketones (excluding diaryl/α,β-unsaturated/α-hetero) is 1. The molecule has 0 bridgehead atoms. The van der Waals surface area contributed by atoms with Gasteiger partial charge in [-0.15, -0.1) is 0 Å². The van der Waals surface area contributed by atoms with Crippen LogP contribution in [0.3, 0.4) is 0 Å². The van der Waals surface area contributed by atoms with Crippen LogP contribution in [0.1, 0.15) is 22.8 Å². The number of hydrogen-bond donors (Lipinski definition) is 2. The van der Waals surface area contributed by atoms with E-state index in [1.165, 1.54) is 0 Å². The maximum absolute atomic E-state index is 11.5. The van der Waals surface area contributed by atoms with Crippen molar-refractivity contribution in [3.63, 3.8) is 0 Å². The second-order valence-electron chi connectivity index (χ2n) is 6.39. The van der Waals surface area contributed by atoms with Gasteiger partial charge in [-0.2, -0.15) is 4.98 Å². The van der Waals surface area contributed by atoms with Crippen molar-refractivity contribution in [3.05, 3.63) is 65.9 Å². The van der Waals surface area contributed by atoms with Crippen molar-refractivity contribution < 1.29 is 14.3 Å². The highest BCUT2D eigenvalue weighted by Crippen LogP contribution is 2.27. The van der Waals surface area contributed by atoms with Gasteiger partial charge in [-0.1, -0.05) is 18.2 Å². The minimum Gasteiger partial charge on any atom is -0.493 e. The van der Waals surface area contributed by atoms with E-state index in [1.54, 1.807) is 45.5 Å². The van der Waals surface area contributed by atoms with E-state index < -0.39 is 0 Å². The first-order chi connectivity index (χ1) is 14.1. The summed E-state index contributed by atoms with van der Waals surface area (Å²) in [7, 11) is 3.24. The first-order valence-electron chi connectivity index (χ1n) is 9.25. The van der Waals surface area contributed by atoms with Gasteiger partial charge in [0, 0.05) is 24.0 Å². The Labute approximate surface area is 170 Å². The van der Waals surface area contributed by atoms with Crippen molar-refractivity contribution in [3.8, 4) is 11.5 Å². The molecule has 0 amide bonds. The highest BCUT2D eigenvalue weighted by molar-refractivity contribution is 5.95. The van der Waals surface area contributed by atoms with Gasteiger partial charge in [-0.05, 0) is 49.2 Å². The van der Waals surface area contributed by atoms with Gasteiger partial charge in [-0.25, -0.2) is 4.98 Å². The largest absolute Gasteiger partial charge is 0.493 e. The molecule has 7 heteroatoms. The number of ketones is 1. The summed E-state index contributed by atoms with van der Waals surface area (Å²) in [6.45, 7) is 2.21. The third kappa shape index (κ3) is 5.44. The molecule has 0 saturated heterocycles. The van der Waals surface area contributed by atoms with Crippen LogP contribution >= 0.6 is 0 Å². The fourth-order valence-corrected chi connectivity index (χ4v) is 2.83. The zero-order valence-corrected chi connectivity index (χ0v) is 16.7. The Kier molecular flexibility index (Phi) is 6.63. The van der Waals surface area contributed by atoms with Gasteiger partial charge in [0.2, 0.25) is 5.95 Å². The summed E-state index contributed by atoms with van der Waals surface area (Å²) in [6, 6.07) is 14.9. The number of benzene rings is 2. The molecule has 2 aromatic carbocycles. The molecule has 7 nitrogen and oxygen atoms in total. The standard InChI is InChI=1S/C22H24N4O3/c1-15(27)17-5-4-6-18(14-17)25-21-10-12-24-22(26-21)23-11-9-16-7-8-19(28-2)20(13-16)29-3/h4-8,10,12-14H,9,11H2,1-3H3,(H2,23,24,25,26). The van der Waals surface area contributed by atoms with Crippen molar-refractivity contribution in [2.75, 3.05) is 31.4 Å². The molecule has 0 aliphatic heterocycles. The molecule has 0 atom stereocenters. The van der Waals surface area contributed by atoms with E-state index >= 15 is 0 Å². The van der Waals surface area contributed by atoms with Crippen molar-refractivity contribution in [2.45, 2.75) is 13.3 Å². The Bertz CT molecular complexity index is 991. The molecule has 29 heavy (non-hydrogen) atoms. The molecule has 0 aliphatic rings. The van der Waals surface area contributed by atoms with Crippen molar-refractivity contribution >= 4 is 23.2 Å². The lowest BCUT2D eigenvalue weighted by atomic mass is 10.1. The maximum atomic E-state index is 11.5. The monoisotopic (exact) mass is 392 g/mol. The van der Waals surface area contributed by atoms with Crippen LogP contribution in [-0.2, 0) is 6.42 Å². The molecule has 0 aliphatic carbocycles. The van der Waals surface area contributed by atoms with Crippen molar-refractivity contribution in [1.29, 1.82) is 0 Å². The van der Waals surface area contributed by atoms with Crippen LogP contribution in [0.2, 0.25) is 0 Å². The SMILES string of the molecule is COc1ccc(CCNc2nccc(Nc3cccc(C(C)=O)c3)n2)cc1OC. The first kappa shape index (κ1) is 20.1. The number of carbonyl (C=O) groups excluding carboxylic acids is 1. The summed E-state index contributed by atoms with van der Waals surface area (Å²) in [6.07, 6.45) is 2.46. The van der Waals surface area contributed by atoms with E-state index in [2.05, 4.69) is 20.6 Å². The lowest BCUT2D eigenvalue weighted by Gasteiger charge is -2.11. The summed E-state index contributed by atoms with van der Waals surface area (Å²) in [4.78, 5) is 20.3. The van der Waals surface area contributed by atoms with E-state index in [0.717, 1.165) is 17.7 Å².